The molecule has 0 unspecified atom stereocenters. The number of halogens is 1. The minimum atomic E-state index is -0.0197. The predicted octanol–water partition coefficient (Wildman–Crippen LogP) is 4.26. The monoisotopic (exact) mass is 347 g/mol. The van der Waals surface area contributed by atoms with Crippen molar-refractivity contribution in [3.63, 3.8) is 0 Å². The number of benzene rings is 2. The molecule has 3 nitrogen and oxygen atoms in total. The van der Waals surface area contributed by atoms with Gasteiger partial charge < -0.3 is 10.1 Å². The summed E-state index contributed by atoms with van der Waals surface area (Å²) in [5, 5.41) is 2.99. The highest BCUT2D eigenvalue weighted by atomic mass is 79.9. The molecule has 0 saturated carbocycles. The molecule has 0 fully saturated rings. The average Bonchev–Trinajstić information content (AvgIpc) is 2.43. The molecular formula is C17H18BrNO2. The molecule has 4 heteroatoms. The largest absolute Gasteiger partial charge is 0.497 e. The van der Waals surface area contributed by atoms with Crippen molar-refractivity contribution in [2.75, 3.05) is 12.4 Å². The molecule has 0 heterocycles. The highest BCUT2D eigenvalue weighted by Gasteiger charge is 2.09. The van der Waals surface area contributed by atoms with Crippen LogP contribution in [0.15, 0.2) is 40.9 Å². The summed E-state index contributed by atoms with van der Waals surface area (Å²) < 4.78 is 6.13. The number of methoxy groups -OCH3 is 1. The molecule has 21 heavy (non-hydrogen) atoms. The maximum atomic E-state index is 12.2. The van der Waals surface area contributed by atoms with E-state index in [1.807, 2.05) is 50.2 Å². The van der Waals surface area contributed by atoms with E-state index in [2.05, 4.69) is 21.2 Å². The Labute approximate surface area is 133 Å². The Hall–Kier alpha value is -1.81. The van der Waals surface area contributed by atoms with Crippen molar-refractivity contribution in [2.24, 2.45) is 0 Å². The highest BCUT2D eigenvalue weighted by molar-refractivity contribution is 9.10. The van der Waals surface area contributed by atoms with Crippen molar-refractivity contribution < 1.29 is 9.53 Å². The van der Waals surface area contributed by atoms with Crippen LogP contribution in [0.2, 0.25) is 0 Å². The lowest BCUT2D eigenvalue weighted by Gasteiger charge is -2.12. The molecule has 2 aromatic rings. The van der Waals surface area contributed by atoms with Crippen LogP contribution >= 0.6 is 15.9 Å². The number of carbonyl (C=O) groups excluding carboxylic acids is 1. The lowest BCUT2D eigenvalue weighted by atomic mass is 10.1. The Morgan fingerprint density at radius 2 is 1.71 bits per heavy atom. The Morgan fingerprint density at radius 1 is 1.14 bits per heavy atom. The first-order chi connectivity index (χ1) is 9.99. The SMILES string of the molecule is COc1ccc(CC(=O)Nc2c(C)cc(Br)cc2C)cc1. The van der Waals surface area contributed by atoms with Crippen LogP contribution in [0.5, 0.6) is 5.75 Å². The fourth-order valence-electron chi connectivity index (χ4n) is 2.22. The molecule has 2 rings (SSSR count). The molecule has 110 valence electrons. The molecule has 0 spiro atoms. The number of nitrogens with one attached hydrogen (secondary N) is 1. The van der Waals surface area contributed by atoms with E-state index in [0.717, 1.165) is 32.6 Å². The summed E-state index contributed by atoms with van der Waals surface area (Å²) in [6.45, 7) is 3.97. The standard InChI is InChI=1S/C17H18BrNO2/c1-11-8-14(18)9-12(2)17(11)19-16(20)10-13-4-6-15(21-3)7-5-13/h4-9H,10H2,1-3H3,(H,19,20). The van der Waals surface area contributed by atoms with Crippen LogP contribution in [-0.4, -0.2) is 13.0 Å². The van der Waals surface area contributed by atoms with Crippen LogP contribution in [0, 0.1) is 13.8 Å². The van der Waals surface area contributed by atoms with Crippen molar-refractivity contribution in [1.29, 1.82) is 0 Å². The van der Waals surface area contributed by atoms with Gasteiger partial charge in [0.05, 0.1) is 13.5 Å². The first-order valence-electron chi connectivity index (χ1n) is 6.69. The van der Waals surface area contributed by atoms with E-state index in [4.69, 9.17) is 4.74 Å². The maximum absolute atomic E-state index is 12.2. The Balaban J connectivity index is 2.08. The average molecular weight is 348 g/mol. The number of rotatable bonds is 4. The van der Waals surface area contributed by atoms with Crippen molar-refractivity contribution in [1.82, 2.24) is 0 Å². The number of ether oxygens (including phenoxy) is 1. The van der Waals surface area contributed by atoms with Gasteiger partial charge in [-0.15, -0.1) is 0 Å². The number of aryl methyl sites for hydroxylation is 2. The molecule has 0 saturated heterocycles. The minimum absolute atomic E-state index is 0.0197. The summed E-state index contributed by atoms with van der Waals surface area (Å²) in [5.74, 6) is 0.771. The number of hydrogen-bond donors (Lipinski definition) is 1. The molecule has 0 radical (unpaired) electrons. The second-order valence-corrected chi connectivity index (χ2v) is 5.90. The summed E-state index contributed by atoms with van der Waals surface area (Å²) in [6.07, 6.45) is 0.346. The zero-order valence-corrected chi connectivity index (χ0v) is 14.0. The van der Waals surface area contributed by atoms with Gasteiger partial charge in [-0.2, -0.15) is 0 Å². The highest BCUT2D eigenvalue weighted by Crippen LogP contribution is 2.25. The molecule has 0 atom stereocenters. The van der Waals surface area contributed by atoms with E-state index >= 15 is 0 Å². The Morgan fingerprint density at radius 3 is 2.24 bits per heavy atom. The second kappa shape index (κ2) is 6.76. The van der Waals surface area contributed by atoms with Crippen LogP contribution in [0.25, 0.3) is 0 Å². The van der Waals surface area contributed by atoms with Crippen LogP contribution in [0.3, 0.4) is 0 Å². The Bertz CT molecular complexity index is 627. The van der Waals surface area contributed by atoms with Crippen LogP contribution < -0.4 is 10.1 Å². The molecule has 0 bridgehead atoms. The molecule has 1 amide bonds. The smallest absolute Gasteiger partial charge is 0.228 e. The van der Waals surface area contributed by atoms with Crippen molar-refractivity contribution >= 4 is 27.5 Å². The van der Waals surface area contributed by atoms with Gasteiger partial charge in [-0.05, 0) is 54.8 Å². The van der Waals surface area contributed by atoms with E-state index in [1.165, 1.54) is 0 Å². The quantitative estimate of drug-likeness (QED) is 0.897. The van der Waals surface area contributed by atoms with Gasteiger partial charge in [0.2, 0.25) is 5.91 Å². The third-order valence-electron chi connectivity index (χ3n) is 3.29. The van der Waals surface area contributed by atoms with Gasteiger partial charge in [-0.3, -0.25) is 4.79 Å². The minimum Gasteiger partial charge on any atom is -0.497 e. The maximum Gasteiger partial charge on any atom is 0.228 e. The van der Waals surface area contributed by atoms with Crippen LogP contribution in [0.4, 0.5) is 5.69 Å². The van der Waals surface area contributed by atoms with E-state index in [-0.39, 0.29) is 5.91 Å². The normalized spacial score (nSPS) is 10.3. The fourth-order valence-corrected chi connectivity index (χ4v) is 2.91. The molecule has 2 aromatic carbocycles. The summed E-state index contributed by atoms with van der Waals surface area (Å²) >= 11 is 3.46. The molecule has 1 N–H and O–H groups in total. The van der Waals surface area contributed by atoms with Crippen LogP contribution in [-0.2, 0) is 11.2 Å². The number of carbonyl (C=O) groups is 1. The lowest BCUT2D eigenvalue weighted by molar-refractivity contribution is -0.115. The molecular weight excluding hydrogens is 330 g/mol. The van der Waals surface area contributed by atoms with E-state index in [1.54, 1.807) is 7.11 Å². The van der Waals surface area contributed by atoms with Crippen molar-refractivity contribution in [3.8, 4) is 5.75 Å². The van der Waals surface area contributed by atoms with E-state index < -0.39 is 0 Å². The topological polar surface area (TPSA) is 38.3 Å². The van der Waals surface area contributed by atoms with Gasteiger partial charge in [-0.1, -0.05) is 28.1 Å². The van der Waals surface area contributed by atoms with Crippen LogP contribution in [0.1, 0.15) is 16.7 Å². The van der Waals surface area contributed by atoms with Crippen molar-refractivity contribution in [3.05, 3.63) is 57.6 Å². The summed E-state index contributed by atoms with van der Waals surface area (Å²) in [6, 6.07) is 11.5. The first-order valence-corrected chi connectivity index (χ1v) is 7.48. The van der Waals surface area contributed by atoms with Gasteiger partial charge >= 0.3 is 0 Å². The Kier molecular flexibility index (Phi) is 5.02. The van der Waals surface area contributed by atoms with E-state index in [0.29, 0.717) is 6.42 Å². The molecule has 0 aliphatic rings. The third-order valence-corrected chi connectivity index (χ3v) is 3.74. The third kappa shape index (κ3) is 4.08. The van der Waals surface area contributed by atoms with Gasteiger partial charge in [0.25, 0.3) is 0 Å². The van der Waals surface area contributed by atoms with E-state index in [9.17, 15) is 4.79 Å². The van der Waals surface area contributed by atoms with Crippen molar-refractivity contribution in [2.45, 2.75) is 20.3 Å². The predicted molar refractivity (Wildman–Crippen MR) is 88.9 cm³/mol. The van der Waals surface area contributed by atoms with Gasteiger partial charge in [0.15, 0.2) is 0 Å². The molecule has 0 aromatic heterocycles. The van der Waals surface area contributed by atoms with Gasteiger partial charge in [0.1, 0.15) is 5.75 Å². The number of amides is 1. The summed E-state index contributed by atoms with van der Waals surface area (Å²) in [5.41, 5.74) is 3.94. The molecule has 0 aliphatic carbocycles. The second-order valence-electron chi connectivity index (χ2n) is 4.99. The lowest BCUT2D eigenvalue weighted by Crippen LogP contribution is -2.16. The van der Waals surface area contributed by atoms with Gasteiger partial charge in [0, 0.05) is 10.2 Å². The molecule has 0 aliphatic heterocycles. The van der Waals surface area contributed by atoms with Gasteiger partial charge in [-0.25, -0.2) is 0 Å². The summed E-state index contributed by atoms with van der Waals surface area (Å²) in [4.78, 5) is 12.2. The summed E-state index contributed by atoms with van der Waals surface area (Å²) in [7, 11) is 1.63. The fraction of sp³-hybridized carbons (Fsp3) is 0.235. The zero-order valence-electron chi connectivity index (χ0n) is 12.4. The number of hydrogen-bond acceptors (Lipinski definition) is 2. The zero-order chi connectivity index (χ0) is 15.4. The first kappa shape index (κ1) is 15.6. The number of anilines is 1.